The van der Waals surface area contributed by atoms with Crippen LogP contribution >= 0.6 is 0 Å². The zero-order valence-electron chi connectivity index (χ0n) is 17.8. The van der Waals surface area contributed by atoms with E-state index in [1.165, 1.54) is 16.9 Å². The second kappa shape index (κ2) is 8.00. The number of nitrogens with one attached hydrogen (secondary N) is 1. The highest BCUT2D eigenvalue weighted by Gasteiger charge is 2.16. The van der Waals surface area contributed by atoms with Gasteiger partial charge in [-0.3, -0.25) is 15.0 Å². The molecule has 1 aliphatic rings. The van der Waals surface area contributed by atoms with Crippen molar-refractivity contribution < 1.29 is 14.3 Å². The second-order valence-electron chi connectivity index (χ2n) is 7.71. The molecule has 0 unspecified atom stereocenters. The molecule has 0 radical (unpaired) electrons. The minimum Gasteiger partial charge on any atom is -0.490 e. The maximum absolute atomic E-state index is 13.1. The van der Waals surface area contributed by atoms with E-state index in [1.54, 1.807) is 24.3 Å². The van der Waals surface area contributed by atoms with Crippen molar-refractivity contribution in [2.75, 3.05) is 18.6 Å². The number of hydrogen-bond acceptors (Lipinski definition) is 7. The molecule has 1 amide bonds. The fourth-order valence-electron chi connectivity index (χ4n) is 3.80. The van der Waals surface area contributed by atoms with Crippen LogP contribution in [0.25, 0.3) is 28.1 Å². The molecule has 0 atom stereocenters. The number of ether oxygens (including phenoxy) is 2. The summed E-state index contributed by atoms with van der Waals surface area (Å²) in [6, 6.07) is 16.1. The summed E-state index contributed by atoms with van der Waals surface area (Å²) in [5.74, 6) is 1.52. The zero-order chi connectivity index (χ0) is 23.1. The van der Waals surface area contributed by atoms with Gasteiger partial charge in [-0.05, 0) is 24.3 Å². The van der Waals surface area contributed by atoms with Gasteiger partial charge in [0.15, 0.2) is 17.3 Å². The maximum Gasteiger partial charge on any atom is 0.280 e. The Bertz CT molecular complexity index is 1610. The van der Waals surface area contributed by atoms with Crippen LogP contribution in [0.1, 0.15) is 16.8 Å². The van der Waals surface area contributed by atoms with Gasteiger partial charge in [0, 0.05) is 29.9 Å². The number of benzene rings is 2. The largest absolute Gasteiger partial charge is 0.490 e. The smallest absolute Gasteiger partial charge is 0.280 e. The molecular formula is C24H18N6O4. The van der Waals surface area contributed by atoms with Crippen molar-refractivity contribution in [1.29, 1.82) is 0 Å². The number of amides is 1. The van der Waals surface area contributed by atoms with Crippen LogP contribution in [0.4, 0.5) is 0 Å². The van der Waals surface area contributed by atoms with E-state index < -0.39 is 11.5 Å². The van der Waals surface area contributed by atoms with Crippen LogP contribution in [0.2, 0.25) is 0 Å². The zero-order valence-corrected chi connectivity index (χ0v) is 17.8. The van der Waals surface area contributed by atoms with Gasteiger partial charge in [-0.25, -0.2) is 9.66 Å². The summed E-state index contributed by atoms with van der Waals surface area (Å²) in [6.45, 7) is 1.07. The van der Waals surface area contributed by atoms with E-state index in [-0.39, 0.29) is 0 Å². The lowest BCUT2D eigenvalue weighted by atomic mass is 10.2. The number of nitrogens with zero attached hydrogens (tertiary/aromatic N) is 5. The second-order valence-corrected chi connectivity index (χ2v) is 7.71. The molecule has 1 aliphatic heterocycles. The van der Waals surface area contributed by atoms with Gasteiger partial charge in [0.1, 0.15) is 0 Å². The molecule has 168 valence electrons. The third kappa shape index (κ3) is 3.41. The van der Waals surface area contributed by atoms with Crippen molar-refractivity contribution in [3.05, 3.63) is 82.9 Å². The van der Waals surface area contributed by atoms with Crippen molar-refractivity contribution in [1.82, 2.24) is 24.3 Å². The number of pyridine rings is 1. The van der Waals surface area contributed by atoms with E-state index in [9.17, 15) is 9.59 Å². The molecule has 4 heterocycles. The Hall–Kier alpha value is -4.73. The summed E-state index contributed by atoms with van der Waals surface area (Å²) in [6.07, 6.45) is 3.68. The number of carbonyl (C=O) groups is 1. The molecule has 0 saturated carbocycles. The van der Waals surface area contributed by atoms with Gasteiger partial charge in [0.05, 0.1) is 24.1 Å². The van der Waals surface area contributed by atoms with Crippen LogP contribution in [0.15, 0.2) is 71.8 Å². The Balaban J connectivity index is 1.34. The van der Waals surface area contributed by atoms with Crippen LogP contribution in [-0.4, -0.2) is 43.4 Å². The monoisotopic (exact) mass is 454 g/mol. The van der Waals surface area contributed by atoms with Crippen LogP contribution in [0.3, 0.4) is 0 Å². The topological polar surface area (TPSA) is 113 Å². The first-order chi connectivity index (χ1) is 16.7. The third-order valence-corrected chi connectivity index (χ3v) is 5.50. The maximum atomic E-state index is 13.1. The Morgan fingerprint density at radius 2 is 1.82 bits per heavy atom. The van der Waals surface area contributed by atoms with Crippen LogP contribution in [0, 0.1) is 0 Å². The summed E-state index contributed by atoms with van der Waals surface area (Å²) >= 11 is 0. The van der Waals surface area contributed by atoms with Crippen molar-refractivity contribution in [2.24, 2.45) is 0 Å². The first-order valence-corrected chi connectivity index (χ1v) is 10.7. The van der Waals surface area contributed by atoms with Crippen LogP contribution in [0.5, 0.6) is 11.5 Å². The molecule has 0 bridgehead atoms. The number of hydrogen-bond donors (Lipinski definition) is 1. The molecule has 0 saturated heterocycles. The van der Waals surface area contributed by atoms with Crippen molar-refractivity contribution in [3.63, 3.8) is 0 Å². The standard InChI is InChI=1S/C24H18N6O4/c31-22(16-7-8-19-20(13-16)34-12-4-11-33-19)28-29-10-9-18-17(23(29)32)14-25-24-26-21(27-30(18)24)15-5-2-1-3-6-15/h1-3,5-10,13-14H,4,11-12H2,(H,28,31). The lowest BCUT2D eigenvalue weighted by molar-refractivity contribution is 0.101. The van der Waals surface area contributed by atoms with Crippen molar-refractivity contribution in [3.8, 4) is 22.9 Å². The minimum atomic E-state index is -0.460. The highest BCUT2D eigenvalue weighted by Crippen LogP contribution is 2.30. The highest BCUT2D eigenvalue weighted by molar-refractivity contribution is 6.00. The van der Waals surface area contributed by atoms with Gasteiger partial charge in [0.2, 0.25) is 0 Å². The normalized spacial score (nSPS) is 13.1. The Labute approximate surface area is 192 Å². The van der Waals surface area contributed by atoms with E-state index in [1.807, 2.05) is 30.3 Å². The molecule has 10 nitrogen and oxygen atoms in total. The van der Waals surface area contributed by atoms with Crippen LogP contribution in [-0.2, 0) is 0 Å². The number of fused-ring (bicyclic) bond motifs is 4. The predicted octanol–water partition coefficient (Wildman–Crippen LogP) is 2.65. The fraction of sp³-hybridized carbons (Fsp3) is 0.125. The molecule has 5 aromatic rings. The van der Waals surface area contributed by atoms with Gasteiger partial charge in [-0.15, -0.1) is 5.10 Å². The van der Waals surface area contributed by atoms with Gasteiger partial charge in [-0.1, -0.05) is 30.3 Å². The molecule has 0 aliphatic carbocycles. The lowest BCUT2D eigenvalue weighted by Crippen LogP contribution is -2.33. The van der Waals surface area contributed by atoms with Crippen molar-refractivity contribution >= 4 is 22.6 Å². The molecule has 3 aromatic heterocycles. The van der Waals surface area contributed by atoms with Crippen LogP contribution < -0.4 is 20.5 Å². The van der Waals surface area contributed by atoms with E-state index >= 15 is 0 Å². The molecule has 2 aromatic carbocycles. The molecular weight excluding hydrogens is 436 g/mol. The lowest BCUT2D eigenvalue weighted by Gasteiger charge is -2.11. The molecule has 0 spiro atoms. The average molecular weight is 454 g/mol. The number of rotatable bonds is 3. The van der Waals surface area contributed by atoms with E-state index in [4.69, 9.17) is 9.47 Å². The molecule has 10 heteroatoms. The van der Waals surface area contributed by atoms with Gasteiger partial charge >= 0.3 is 0 Å². The predicted molar refractivity (Wildman–Crippen MR) is 124 cm³/mol. The molecule has 6 rings (SSSR count). The quantitative estimate of drug-likeness (QED) is 0.446. The Morgan fingerprint density at radius 3 is 2.68 bits per heavy atom. The summed E-state index contributed by atoms with van der Waals surface area (Å²) in [5, 5.41) is 4.81. The number of carbonyl (C=O) groups excluding carboxylic acids is 1. The average Bonchev–Trinajstić information content (AvgIpc) is 3.17. The summed E-state index contributed by atoms with van der Waals surface area (Å²) < 4.78 is 13.9. The van der Waals surface area contributed by atoms with E-state index in [0.29, 0.717) is 52.8 Å². The molecule has 0 fully saturated rings. The van der Waals surface area contributed by atoms with Crippen molar-refractivity contribution in [2.45, 2.75) is 6.42 Å². The minimum absolute atomic E-state index is 0.290. The number of aromatic nitrogens is 5. The Morgan fingerprint density at radius 1 is 1.00 bits per heavy atom. The summed E-state index contributed by atoms with van der Waals surface area (Å²) in [7, 11) is 0. The van der Waals surface area contributed by atoms with Gasteiger partial charge < -0.3 is 9.47 Å². The van der Waals surface area contributed by atoms with E-state index in [0.717, 1.165) is 16.7 Å². The SMILES string of the molecule is O=C(Nn1ccc2c(cnc3nc(-c4ccccc4)nn32)c1=O)c1ccc2c(c1)OCCCO2. The highest BCUT2D eigenvalue weighted by atomic mass is 16.5. The first-order valence-electron chi connectivity index (χ1n) is 10.7. The summed E-state index contributed by atoms with van der Waals surface area (Å²) in [4.78, 5) is 34.7. The Kier molecular flexibility index (Phi) is 4.69. The van der Waals surface area contributed by atoms with Gasteiger partial charge in [0.25, 0.3) is 17.2 Å². The molecule has 1 N–H and O–H groups in total. The summed E-state index contributed by atoms with van der Waals surface area (Å²) in [5.41, 5.74) is 3.90. The fourth-order valence-corrected chi connectivity index (χ4v) is 3.80. The van der Waals surface area contributed by atoms with Gasteiger partial charge in [-0.2, -0.15) is 9.50 Å². The third-order valence-electron chi connectivity index (χ3n) is 5.50. The van der Waals surface area contributed by atoms with E-state index in [2.05, 4.69) is 20.5 Å². The first kappa shape index (κ1) is 19.9. The molecule has 34 heavy (non-hydrogen) atoms.